The van der Waals surface area contributed by atoms with E-state index in [0.29, 0.717) is 22.4 Å². The molecule has 1 heterocycles. The van der Waals surface area contributed by atoms with Crippen LogP contribution in [0, 0.1) is 0 Å². The number of quaternary nitrogens is 1. The van der Waals surface area contributed by atoms with Crippen molar-refractivity contribution in [1.29, 1.82) is 0 Å². The number of aliphatic hydroxyl groups is 1. The highest BCUT2D eigenvalue weighted by Gasteiger charge is 2.19. The number of rotatable bonds is 6. The number of halogens is 2. The Bertz CT molecular complexity index is 833. The minimum absolute atomic E-state index is 0.00932. The Kier molecular flexibility index (Phi) is 5.82. The third kappa shape index (κ3) is 4.44. The number of hydrogen-bond acceptors (Lipinski definition) is 2. The molecule has 1 aromatic heterocycles. The molecule has 0 radical (unpaired) electrons. The van der Waals surface area contributed by atoms with Crippen LogP contribution in [0.3, 0.4) is 0 Å². The summed E-state index contributed by atoms with van der Waals surface area (Å²) >= 11 is 12.2. The summed E-state index contributed by atoms with van der Waals surface area (Å²) in [6, 6.07) is 18.8. The summed E-state index contributed by atoms with van der Waals surface area (Å²) in [6.07, 6.45) is -0.527. The van der Waals surface area contributed by atoms with E-state index in [1.807, 2.05) is 55.5 Å². The first kappa shape index (κ1) is 18.0. The molecule has 0 unspecified atom stereocenters. The molecule has 2 atom stereocenters. The molecule has 0 amide bonds. The van der Waals surface area contributed by atoms with Crippen molar-refractivity contribution in [2.24, 2.45) is 0 Å². The molecule has 0 spiro atoms. The van der Waals surface area contributed by atoms with Gasteiger partial charge in [-0.15, -0.1) is 0 Å². The van der Waals surface area contributed by atoms with Crippen molar-refractivity contribution in [3.63, 3.8) is 0 Å². The molecule has 3 rings (SSSR count). The molecule has 0 aliphatic rings. The molecular formula is C20H20Cl2NO2+. The van der Waals surface area contributed by atoms with E-state index >= 15 is 0 Å². The molecule has 0 aliphatic carbocycles. The maximum Gasteiger partial charge on any atom is 0.158 e. The lowest BCUT2D eigenvalue weighted by molar-refractivity contribution is -0.710. The Hall–Kier alpha value is -1.78. The van der Waals surface area contributed by atoms with E-state index in [1.165, 1.54) is 0 Å². The highest BCUT2D eigenvalue weighted by atomic mass is 35.5. The van der Waals surface area contributed by atoms with Crippen LogP contribution in [-0.4, -0.2) is 11.1 Å². The standard InChI is InChI=1S/C20H19Cl2NO2/c1-13(20(24)14-5-3-2-4-6-14)23-12-16-8-10-19(25-16)17-9-7-15(21)11-18(17)22/h2-11,13,20,23-24H,12H2,1H3/p+1/t13-,20+/m0/s1. The zero-order valence-electron chi connectivity index (χ0n) is 13.8. The highest BCUT2D eigenvalue weighted by Crippen LogP contribution is 2.31. The van der Waals surface area contributed by atoms with Crippen molar-refractivity contribution < 1.29 is 14.8 Å². The molecule has 3 N–H and O–H groups in total. The zero-order chi connectivity index (χ0) is 17.8. The third-order valence-electron chi connectivity index (χ3n) is 4.19. The van der Waals surface area contributed by atoms with E-state index in [1.54, 1.807) is 12.1 Å². The van der Waals surface area contributed by atoms with Crippen molar-refractivity contribution in [2.75, 3.05) is 0 Å². The molecule has 0 fully saturated rings. The van der Waals surface area contributed by atoms with Gasteiger partial charge in [0.05, 0.1) is 5.02 Å². The van der Waals surface area contributed by atoms with Crippen molar-refractivity contribution in [2.45, 2.75) is 25.6 Å². The first-order valence-corrected chi connectivity index (χ1v) is 8.90. The molecule has 0 aliphatic heterocycles. The van der Waals surface area contributed by atoms with Crippen LogP contribution in [0.25, 0.3) is 11.3 Å². The van der Waals surface area contributed by atoms with Crippen LogP contribution < -0.4 is 5.32 Å². The second-order valence-corrected chi connectivity index (χ2v) is 6.89. The van der Waals surface area contributed by atoms with E-state index < -0.39 is 6.10 Å². The number of furan rings is 1. The van der Waals surface area contributed by atoms with Crippen LogP contribution in [0.15, 0.2) is 65.1 Å². The van der Waals surface area contributed by atoms with Gasteiger partial charge in [-0.3, -0.25) is 0 Å². The summed E-state index contributed by atoms with van der Waals surface area (Å²) in [5.74, 6) is 1.54. The summed E-state index contributed by atoms with van der Waals surface area (Å²) in [4.78, 5) is 0. The lowest BCUT2D eigenvalue weighted by Crippen LogP contribution is -2.88. The summed E-state index contributed by atoms with van der Waals surface area (Å²) in [7, 11) is 0. The number of benzene rings is 2. The van der Waals surface area contributed by atoms with E-state index in [-0.39, 0.29) is 6.04 Å². The van der Waals surface area contributed by atoms with Gasteiger partial charge >= 0.3 is 0 Å². The highest BCUT2D eigenvalue weighted by molar-refractivity contribution is 6.36. The van der Waals surface area contributed by atoms with Gasteiger partial charge in [-0.05, 0) is 42.8 Å². The van der Waals surface area contributed by atoms with Gasteiger partial charge in [-0.2, -0.15) is 0 Å². The average Bonchev–Trinajstić information content (AvgIpc) is 3.08. The summed E-state index contributed by atoms with van der Waals surface area (Å²) in [6.45, 7) is 2.63. The Morgan fingerprint density at radius 1 is 1.04 bits per heavy atom. The molecule has 0 saturated heterocycles. The van der Waals surface area contributed by atoms with Crippen LogP contribution >= 0.6 is 23.2 Å². The van der Waals surface area contributed by atoms with Crippen LogP contribution in [0.4, 0.5) is 0 Å². The maximum absolute atomic E-state index is 10.4. The van der Waals surface area contributed by atoms with Crippen molar-refractivity contribution in [3.05, 3.63) is 82.0 Å². The van der Waals surface area contributed by atoms with Crippen molar-refractivity contribution in [3.8, 4) is 11.3 Å². The van der Waals surface area contributed by atoms with E-state index in [4.69, 9.17) is 27.6 Å². The van der Waals surface area contributed by atoms with Gasteiger partial charge in [0.2, 0.25) is 0 Å². The van der Waals surface area contributed by atoms with E-state index in [9.17, 15) is 5.11 Å². The van der Waals surface area contributed by atoms with Gasteiger partial charge in [0, 0.05) is 10.6 Å². The lowest BCUT2D eigenvalue weighted by Gasteiger charge is -2.17. The average molecular weight is 377 g/mol. The fraction of sp³-hybridized carbons (Fsp3) is 0.200. The molecule has 25 heavy (non-hydrogen) atoms. The molecule has 5 heteroatoms. The third-order valence-corrected chi connectivity index (χ3v) is 4.74. The van der Waals surface area contributed by atoms with E-state index in [2.05, 4.69) is 5.32 Å². The number of hydrogen-bond donors (Lipinski definition) is 2. The Morgan fingerprint density at radius 2 is 1.80 bits per heavy atom. The topological polar surface area (TPSA) is 50.0 Å². The van der Waals surface area contributed by atoms with Gasteiger partial charge in [-0.1, -0.05) is 53.5 Å². The monoisotopic (exact) mass is 376 g/mol. The largest absolute Gasteiger partial charge is 0.455 e. The van der Waals surface area contributed by atoms with E-state index in [0.717, 1.165) is 16.9 Å². The second kappa shape index (κ2) is 8.07. The van der Waals surface area contributed by atoms with Gasteiger partial charge in [0.15, 0.2) is 5.76 Å². The Morgan fingerprint density at radius 3 is 2.52 bits per heavy atom. The number of aliphatic hydroxyl groups excluding tert-OH is 1. The molecule has 3 aromatic rings. The fourth-order valence-corrected chi connectivity index (χ4v) is 3.21. The summed E-state index contributed by atoms with van der Waals surface area (Å²) in [5, 5.41) is 13.6. The normalized spacial score (nSPS) is 13.6. The SMILES string of the molecule is C[C@H]([NH2+]Cc1ccc(-c2ccc(Cl)cc2Cl)o1)[C@@H](O)c1ccccc1. The zero-order valence-corrected chi connectivity index (χ0v) is 15.3. The van der Waals surface area contributed by atoms with Crippen molar-refractivity contribution in [1.82, 2.24) is 0 Å². The molecule has 130 valence electrons. The van der Waals surface area contributed by atoms with Crippen LogP contribution in [0.1, 0.15) is 24.4 Å². The van der Waals surface area contributed by atoms with Crippen LogP contribution in [0.2, 0.25) is 10.0 Å². The van der Waals surface area contributed by atoms with Crippen molar-refractivity contribution >= 4 is 23.2 Å². The molecule has 2 aromatic carbocycles. The molecule has 3 nitrogen and oxygen atoms in total. The van der Waals surface area contributed by atoms with Gasteiger partial charge < -0.3 is 14.8 Å². The maximum atomic E-state index is 10.4. The lowest BCUT2D eigenvalue weighted by atomic mass is 10.0. The Balaban J connectivity index is 1.64. The quantitative estimate of drug-likeness (QED) is 0.667. The predicted molar refractivity (Wildman–Crippen MR) is 101 cm³/mol. The van der Waals surface area contributed by atoms with Crippen LogP contribution in [-0.2, 0) is 6.54 Å². The predicted octanol–water partition coefficient (Wildman–Crippen LogP) is 4.44. The fourth-order valence-electron chi connectivity index (χ4n) is 2.71. The molecule has 0 bridgehead atoms. The first-order chi connectivity index (χ1) is 12.0. The summed E-state index contributed by atoms with van der Waals surface area (Å²) < 4.78 is 5.89. The minimum atomic E-state index is -0.527. The second-order valence-electron chi connectivity index (χ2n) is 6.04. The summed E-state index contributed by atoms with van der Waals surface area (Å²) in [5.41, 5.74) is 1.73. The Labute approximate surface area is 157 Å². The first-order valence-electron chi connectivity index (χ1n) is 8.15. The van der Waals surface area contributed by atoms with Crippen LogP contribution in [0.5, 0.6) is 0 Å². The van der Waals surface area contributed by atoms with Gasteiger partial charge in [-0.25, -0.2) is 0 Å². The smallest absolute Gasteiger partial charge is 0.158 e. The molecule has 0 saturated carbocycles. The van der Waals surface area contributed by atoms with Gasteiger partial charge in [0.25, 0.3) is 0 Å². The molecular weight excluding hydrogens is 357 g/mol. The van der Waals surface area contributed by atoms with Gasteiger partial charge in [0.1, 0.15) is 24.5 Å². The number of nitrogens with two attached hydrogens (primary N) is 1. The minimum Gasteiger partial charge on any atom is -0.455 e.